The van der Waals surface area contributed by atoms with E-state index < -0.39 is 17.1 Å². The second-order valence-corrected chi connectivity index (χ2v) is 8.44. The van der Waals surface area contributed by atoms with E-state index in [0.29, 0.717) is 28.8 Å². The van der Waals surface area contributed by atoms with Gasteiger partial charge >= 0.3 is 0 Å². The fourth-order valence-corrected chi connectivity index (χ4v) is 4.23. The number of ether oxygens (including phenoxy) is 1. The highest BCUT2D eigenvalue weighted by atomic mass is 35.5. The van der Waals surface area contributed by atoms with E-state index in [-0.39, 0.29) is 6.54 Å². The molecule has 0 aromatic heterocycles. The lowest BCUT2D eigenvalue weighted by Crippen LogP contribution is -2.36. The number of carbonyl (C=O) groups excluding carboxylic acids is 3. The smallest absolute Gasteiger partial charge is 0.294 e. The molecule has 2 fully saturated rings. The summed E-state index contributed by atoms with van der Waals surface area (Å²) in [7, 11) is 0. The average molecular weight is 458 g/mol. The third kappa shape index (κ3) is 5.28. The molecule has 0 spiro atoms. The van der Waals surface area contributed by atoms with E-state index >= 15 is 0 Å². The SMILES string of the molecule is O=C(CN1C(=O)S/C(=C\c2ccc(N3CCOCC3)cc2)C1=O)Nc1ccc(Cl)cc1. The van der Waals surface area contributed by atoms with E-state index in [1.165, 1.54) is 0 Å². The van der Waals surface area contributed by atoms with Crippen molar-refractivity contribution in [2.75, 3.05) is 43.1 Å². The number of thioether (sulfide) groups is 1. The van der Waals surface area contributed by atoms with Gasteiger partial charge in [-0.2, -0.15) is 0 Å². The van der Waals surface area contributed by atoms with Crippen molar-refractivity contribution in [3.05, 3.63) is 64.0 Å². The lowest BCUT2D eigenvalue weighted by Gasteiger charge is -2.28. The third-order valence-corrected chi connectivity index (χ3v) is 6.03. The Balaban J connectivity index is 1.39. The van der Waals surface area contributed by atoms with Crippen molar-refractivity contribution >= 4 is 57.9 Å². The van der Waals surface area contributed by atoms with E-state index in [9.17, 15) is 14.4 Å². The summed E-state index contributed by atoms with van der Waals surface area (Å²) >= 11 is 6.66. The molecule has 0 saturated carbocycles. The molecule has 3 amide bonds. The van der Waals surface area contributed by atoms with Gasteiger partial charge in [-0.1, -0.05) is 23.7 Å². The number of nitrogens with zero attached hydrogens (tertiary/aromatic N) is 2. The van der Waals surface area contributed by atoms with E-state index in [2.05, 4.69) is 10.2 Å². The van der Waals surface area contributed by atoms with Crippen molar-refractivity contribution in [2.45, 2.75) is 0 Å². The van der Waals surface area contributed by atoms with Crippen LogP contribution in [-0.4, -0.2) is 54.8 Å². The Morgan fingerprint density at radius 3 is 2.42 bits per heavy atom. The Hall–Kier alpha value is -2.81. The van der Waals surface area contributed by atoms with Gasteiger partial charge in [-0.15, -0.1) is 0 Å². The number of imide groups is 1. The van der Waals surface area contributed by atoms with Crippen LogP contribution in [0.25, 0.3) is 6.08 Å². The number of hydrogen-bond donors (Lipinski definition) is 1. The van der Waals surface area contributed by atoms with Crippen LogP contribution in [0.15, 0.2) is 53.4 Å². The summed E-state index contributed by atoms with van der Waals surface area (Å²) in [6.07, 6.45) is 1.67. The molecule has 0 aliphatic carbocycles. The number of morpholine rings is 1. The highest BCUT2D eigenvalue weighted by Gasteiger charge is 2.36. The number of halogens is 1. The topological polar surface area (TPSA) is 79.0 Å². The lowest BCUT2D eigenvalue weighted by molar-refractivity contribution is -0.127. The molecule has 2 aromatic carbocycles. The van der Waals surface area contributed by atoms with Gasteiger partial charge in [0.15, 0.2) is 0 Å². The molecule has 7 nitrogen and oxygen atoms in total. The number of amides is 3. The average Bonchev–Trinajstić information content (AvgIpc) is 3.04. The zero-order chi connectivity index (χ0) is 21.8. The first-order valence-corrected chi connectivity index (χ1v) is 10.9. The largest absolute Gasteiger partial charge is 0.378 e. The Kier molecular flexibility index (Phi) is 6.60. The third-order valence-electron chi connectivity index (χ3n) is 4.87. The first kappa shape index (κ1) is 21.4. The predicted octanol–water partition coefficient (Wildman–Crippen LogP) is 3.85. The van der Waals surface area contributed by atoms with Crippen molar-refractivity contribution in [3.8, 4) is 0 Å². The van der Waals surface area contributed by atoms with Crippen molar-refractivity contribution in [1.29, 1.82) is 0 Å². The zero-order valence-corrected chi connectivity index (χ0v) is 18.1. The first-order chi connectivity index (χ1) is 15.0. The molecule has 2 heterocycles. The van der Waals surface area contributed by atoms with Gasteiger partial charge in [0.25, 0.3) is 11.1 Å². The van der Waals surface area contributed by atoms with Crippen LogP contribution >= 0.6 is 23.4 Å². The molecule has 0 unspecified atom stereocenters. The molecule has 4 rings (SSSR count). The molecule has 2 saturated heterocycles. The van der Waals surface area contributed by atoms with Gasteiger partial charge in [0, 0.05) is 29.5 Å². The molecule has 1 N–H and O–H groups in total. The normalized spacial score (nSPS) is 18.0. The summed E-state index contributed by atoms with van der Waals surface area (Å²) in [6.45, 7) is 2.76. The van der Waals surface area contributed by atoms with Crippen LogP contribution in [-0.2, 0) is 14.3 Å². The van der Waals surface area contributed by atoms with E-state index in [1.807, 2.05) is 24.3 Å². The Morgan fingerprint density at radius 2 is 1.74 bits per heavy atom. The second kappa shape index (κ2) is 9.55. The molecule has 2 aliphatic heterocycles. The molecular weight excluding hydrogens is 438 g/mol. The van der Waals surface area contributed by atoms with E-state index in [4.69, 9.17) is 16.3 Å². The summed E-state index contributed by atoms with van der Waals surface area (Å²) in [5.41, 5.74) is 2.44. The summed E-state index contributed by atoms with van der Waals surface area (Å²) in [5, 5.41) is 2.74. The fourth-order valence-electron chi connectivity index (χ4n) is 3.27. The maximum atomic E-state index is 12.7. The number of rotatable bonds is 5. The molecule has 0 atom stereocenters. The first-order valence-electron chi connectivity index (χ1n) is 9.73. The van der Waals surface area contributed by atoms with Crippen LogP contribution in [0.4, 0.5) is 16.2 Å². The van der Waals surface area contributed by atoms with Crippen molar-refractivity contribution in [2.24, 2.45) is 0 Å². The quantitative estimate of drug-likeness (QED) is 0.687. The van der Waals surface area contributed by atoms with Gasteiger partial charge in [0.05, 0.1) is 18.1 Å². The molecular formula is C22H20ClN3O4S. The highest BCUT2D eigenvalue weighted by Crippen LogP contribution is 2.32. The standard InChI is InChI=1S/C22H20ClN3O4S/c23-16-3-5-17(6-4-16)24-20(27)14-26-21(28)19(31-22(26)29)13-15-1-7-18(8-2-15)25-9-11-30-12-10-25/h1-8,13H,9-12,14H2,(H,24,27)/b19-13-. The number of nitrogens with one attached hydrogen (secondary N) is 1. The Morgan fingerprint density at radius 1 is 1.06 bits per heavy atom. The maximum absolute atomic E-state index is 12.7. The van der Waals surface area contributed by atoms with Crippen molar-refractivity contribution < 1.29 is 19.1 Å². The number of anilines is 2. The maximum Gasteiger partial charge on any atom is 0.294 e. The summed E-state index contributed by atoms with van der Waals surface area (Å²) in [4.78, 5) is 40.7. The molecule has 2 aromatic rings. The van der Waals surface area contributed by atoms with Crippen LogP contribution in [0.2, 0.25) is 5.02 Å². The molecule has 0 bridgehead atoms. The van der Waals surface area contributed by atoms with Gasteiger partial charge in [0.1, 0.15) is 6.54 Å². The Bertz CT molecular complexity index is 1020. The van der Waals surface area contributed by atoms with Crippen LogP contribution < -0.4 is 10.2 Å². The minimum absolute atomic E-state index is 0.295. The van der Waals surface area contributed by atoms with Crippen LogP contribution in [0, 0.1) is 0 Å². The summed E-state index contributed by atoms with van der Waals surface area (Å²) in [5.74, 6) is -0.931. The van der Waals surface area contributed by atoms with Crippen LogP contribution in [0.3, 0.4) is 0 Å². The number of hydrogen-bond acceptors (Lipinski definition) is 6. The number of benzene rings is 2. The summed E-state index contributed by atoms with van der Waals surface area (Å²) < 4.78 is 5.37. The molecule has 160 valence electrons. The van der Waals surface area contributed by atoms with Gasteiger partial charge in [-0.05, 0) is 59.8 Å². The highest BCUT2D eigenvalue weighted by molar-refractivity contribution is 8.18. The van der Waals surface area contributed by atoms with E-state index in [1.54, 1.807) is 30.3 Å². The minimum atomic E-state index is -0.474. The van der Waals surface area contributed by atoms with Gasteiger partial charge in [-0.25, -0.2) is 0 Å². The molecule has 2 aliphatic rings. The predicted molar refractivity (Wildman–Crippen MR) is 122 cm³/mol. The van der Waals surface area contributed by atoms with E-state index in [0.717, 1.165) is 41.0 Å². The van der Waals surface area contributed by atoms with Crippen molar-refractivity contribution in [1.82, 2.24) is 4.90 Å². The molecule has 0 radical (unpaired) electrons. The van der Waals surface area contributed by atoms with Gasteiger partial charge in [0.2, 0.25) is 5.91 Å². The van der Waals surface area contributed by atoms with Gasteiger partial charge in [-0.3, -0.25) is 19.3 Å². The minimum Gasteiger partial charge on any atom is -0.378 e. The number of carbonyl (C=O) groups is 3. The van der Waals surface area contributed by atoms with Crippen molar-refractivity contribution in [3.63, 3.8) is 0 Å². The van der Waals surface area contributed by atoms with Crippen LogP contribution in [0.1, 0.15) is 5.56 Å². The molecule has 31 heavy (non-hydrogen) atoms. The zero-order valence-electron chi connectivity index (χ0n) is 16.5. The molecule has 9 heteroatoms. The lowest BCUT2D eigenvalue weighted by atomic mass is 10.1. The fraction of sp³-hybridized carbons (Fsp3) is 0.227. The Labute approximate surface area is 189 Å². The summed E-state index contributed by atoms with van der Waals surface area (Å²) in [6, 6.07) is 14.4. The monoisotopic (exact) mass is 457 g/mol. The second-order valence-electron chi connectivity index (χ2n) is 7.01. The van der Waals surface area contributed by atoms with Gasteiger partial charge < -0.3 is 15.0 Å². The van der Waals surface area contributed by atoms with Crippen LogP contribution in [0.5, 0.6) is 0 Å².